The van der Waals surface area contributed by atoms with E-state index in [1.807, 2.05) is 0 Å². The van der Waals surface area contributed by atoms with Crippen molar-refractivity contribution >= 4 is 15.9 Å². The number of nitrogens with zero attached hydrogens (tertiary/aromatic N) is 5. The number of rotatable bonds is 7. The number of carbonyl (C=O) groups is 1. The van der Waals surface area contributed by atoms with Crippen molar-refractivity contribution in [1.82, 2.24) is 24.3 Å². The number of hydrogen-bond donors (Lipinski definition) is 0. The maximum atomic E-state index is 12.6. The van der Waals surface area contributed by atoms with E-state index >= 15 is 0 Å². The lowest BCUT2D eigenvalue weighted by atomic mass is 10.0. The van der Waals surface area contributed by atoms with Crippen molar-refractivity contribution in [1.29, 1.82) is 0 Å². The third-order valence-electron chi connectivity index (χ3n) is 5.01. The molecule has 1 aliphatic rings. The Hall–Kier alpha value is -3.11. The van der Waals surface area contributed by atoms with Gasteiger partial charge in [0.1, 0.15) is 0 Å². The summed E-state index contributed by atoms with van der Waals surface area (Å²) >= 11 is 0. The van der Waals surface area contributed by atoms with Crippen molar-refractivity contribution < 1.29 is 17.7 Å². The summed E-state index contributed by atoms with van der Waals surface area (Å²) in [6.45, 7) is 1.04. The van der Waals surface area contributed by atoms with Gasteiger partial charge < -0.3 is 9.42 Å². The molecule has 3 heterocycles. The summed E-state index contributed by atoms with van der Waals surface area (Å²) < 4.78 is 31.9. The van der Waals surface area contributed by atoms with E-state index in [-0.39, 0.29) is 16.7 Å². The first-order valence-electron chi connectivity index (χ1n) is 9.48. The van der Waals surface area contributed by atoms with Gasteiger partial charge in [0, 0.05) is 51.1 Å². The zero-order chi connectivity index (χ0) is 21.1. The fourth-order valence-electron chi connectivity index (χ4n) is 3.15. The van der Waals surface area contributed by atoms with E-state index in [0.29, 0.717) is 43.3 Å². The number of sulfonamides is 1. The molecule has 4 rings (SSSR count). The summed E-state index contributed by atoms with van der Waals surface area (Å²) in [6, 6.07) is 11.7. The van der Waals surface area contributed by atoms with E-state index in [9.17, 15) is 13.2 Å². The molecule has 9 nitrogen and oxygen atoms in total. The first-order valence-corrected chi connectivity index (χ1v) is 10.9. The molecule has 0 bridgehead atoms. The molecule has 3 aromatic rings. The molecule has 1 fully saturated rings. The highest BCUT2D eigenvalue weighted by Crippen LogP contribution is 2.31. The quantitative estimate of drug-likeness (QED) is 0.563. The van der Waals surface area contributed by atoms with E-state index < -0.39 is 10.0 Å². The van der Waals surface area contributed by atoms with Crippen LogP contribution in [0.2, 0.25) is 0 Å². The summed E-state index contributed by atoms with van der Waals surface area (Å²) in [7, 11) is -1.79. The highest BCUT2D eigenvalue weighted by molar-refractivity contribution is 7.89. The monoisotopic (exact) mass is 427 g/mol. The zero-order valence-corrected chi connectivity index (χ0v) is 17.2. The molecular formula is C20H21N5O4S. The molecule has 30 heavy (non-hydrogen) atoms. The van der Waals surface area contributed by atoms with Gasteiger partial charge >= 0.3 is 0 Å². The fourth-order valence-corrected chi connectivity index (χ4v) is 4.70. The minimum atomic E-state index is -3.50. The van der Waals surface area contributed by atoms with Crippen LogP contribution in [0.25, 0.3) is 0 Å². The van der Waals surface area contributed by atoms with Crippen molar-refractivity contribution in [3.05, 3.63) is 72.1 Å². The Balaban J connectivity index is 1.31. The maximum absolute atomic E-state index is 12.6. The molecule has 1 aliphatic heterocycles. The van der Waals surface area contributed by atoms with Crippen molar-refractivity contribution in [3.63, 3.8) is 0 Å². The van der Waals surface area contributed by atoms with E-state index in [4.69, 9.17) is 4.52 Å². The zero-order valence-electron chi connectivity index (χ0n) is 16.4. The van der Waals surface area contributed by atoms with Gasteiger partial charge in [0.05, 0.1) is 10.8 Å². The molecular weight excluding hydrogens is 406 g/mol. The van der Waals surface area contributed by atoms with Crippen LogP contribution in [0.1, 0.15) is 28.0 Å². The van der Waals surface area contributed by atoms with Crippen LogP contribution in [-0.2, 0) is 16.4 Å². The first kappa shape index (κ1) is 20.2. The minimum Gasteiger partial charge on any atom is -0.341 e. The molecule has 0 radical (unpaired) electrons. The average molecular weight is 427 g/mol. The van der Waals surface area contributed by atoms with Crippen molar-refractivity contribution in [2.24, 2.45) is 0 Å². The summed E-state index contributed by atoms with van der Waals surface area (Å²) in [5.74, 6) is 0.680. The van der Waals surface area contributed by atoms with Gasteiger partial charge in [-0.15, -0.1) is 0 Å². The average Bonchev–Trinajstić information content (AvgIpc) is 3.20. The highest BCUT2D eigenvalue weighted by Gasteiger charge is 2.40. The Labute approximate surface area is 174 Å². The maximum Gasteiger partial charge on any atom is 0.253 e. The van der Waals surface area contributed by atoms with Crippen LogP contribution in [0.15, 0.2) is 64.3 Å². The van der Waals surface area contributed by atoms with Crippen LogP contribution in [0.4, 0.5) is 0 Å². The number of carbonyl (C=O) groups excluding carboxylic acids is 1. The van der Waals surface area contributed by atoms with Gasteiger partial charge in [0.25, 0.3) is 5.91 Å². The lowest BCUT2D eigenvalue weighted by Crippen LogP contribution is -2.48. The molecule has 0 atom stereocenters. The Kier molecular flexibility index (Phi) is 5.60. The molecule has 2 aromatic heterocycles. The minimum absolute atomic E-state index is 0.109. The molecule has 0 unspecified atom stereocenters. The molecule has 10 heteroatoms. The van der Waals surface area contributed by atoms with Crippen LogP contribution in [0.3, 0.4) is 0 Å². The predicted molar refractivity (Wildman–Crippen MR) is 107 cm³/mol. The SMILES string of the molecule is CN(CCc1noc(C2CN(S(=O)(=O)c3ccccc3)C2)n1)C(=O)c1ccncc1. The van der Waals surface area contributed by atoms with Crippen LogP contribution in [0.5, 0.6) is 0 Å². The number of aromatic nitrogens is 3. The van der Waals surface area contributed by atoms with Gasteiger partial charge in [-0.25, -0.2) is 8.42 Å². The van der Waals surface area contributed by atoms with Crippen molar-refractivity contribution in [3.8, 4) is 0 Å². The van der Waals surface area contributed by atoms with Crippen molar-refractivity contribution in [2.45, 2.75) is 17.2 Å². The number of likely N-dealkylation sites (N-methyl/N-ethyl adjacent to an activating group) is 1. The Morgan fingerprint density at radius 2 is 1.87 bits per heavy atom. The van der Waals surface area contributed by atoms with Crippen LogP contribution in [-0.4, -0.2) is 65.3 Å². The topological polar surface area (TPSA) is 110 Å². The second kappa shape index (κ2) is 8.33. The summed E-state index contributed by atoms with van der Waals surface area (Å²) in [4.78, 5) is 22.5. The number of benzene rings is 1. The smallest absolute Gasteiger partial charge is 0.253 e. The Bertz CT molecular complexity index is 1110. The third kappa shape index (κ3) is 4.10. The molecule has 1 aromatic carbocycles. The molecule has 1 amide bonds. The second-order valence-corrected chi connectivity index (χ2v) is 9.03. The fraction of sp³-hybridized carbons (Fsp3) is 0.300. The summed E-state index contributed by atoms with van der Waals surface area (Å²) in [5.41, 5.74) is 0.565. The van der Waals surface area contributed by atoms with Gasteiger partial charge in [-0.05, 0) is 24.3 Å². The molecule has 0 saturated carbocycles. The van der Waals surface area contributed by atoms with Gasteiger partial charge in [0.15, 0.2) is 5.82 Å². The summed E-state index contributed by atoms with van der Waals surface area (Å²) in [5, 5.41) is 3.97. The molecule has 0 aliphatic carbocycles. The van der Waals surface area contributed by atoms with Gasteiger partial charge in [-0.2, -0.15) is 9.29 Å². The number of amides is 1. The van der Waals surface area contributed by atoms with E-state index in [0.717, 1.165) is 0 Å². The van der Waals surface area contributed by atoms with Gasteiger partial charge in [0.2, 0.25) is 15.9 Å². The largest absolute Gasteiger partial charge is 0.341 e. The third-order valence-corrected chi connectivity index (χ3v) is 6.85. The van der Waals surface area contributed by atoms with E-state index in [1.54, 1.807) is 66.8 Å². The van der Waals surface area contributed by atoms with Gasteiger partial charge in [-0.1, -0.05) is 23.4 Å². The lowest BCUT2D eigenvalue weighted by molar-refractivity contribution is 0.0795. The number of hydrogen-bond acceptors (Lipinski definition) is 7. The number of pyridine rings is 1. The molecule has 0 spiro atoms. The highest BCUT2D eigenvalue weighted by atomic mass is 32.2. The lowest BCUT2D eigenvalue weighted by Gasteiger charge is -2.35. The van der Waals surface area contributed by atoms with E-state index in [2.05, 4.69) is 15.1 Å². The van der Waals surface area contributed by atoms with Crippen molar-refractivity contribution in [2.75, 3.05) is 26.7 Å². The van der Waals surface area contributed by atoms with Crippen LogP contribution >= 0.6 is 0 Å². The normalized spacial score (nSPS) is 15.0. The standard InChI is InChI=1S/C20H21N5O4S/c1-24(20(26)15-7-10-21-11-8-15)12-9-18-22-19(29-23-18)16-13-25(14-16)30(27,28)17-5-3-2-4-6-17/h2-8,10-11,16H,9,12-14H2,1H3. The Morgan fingerprint density at radius 3 is 2.57 bits per heavy atom. The molecule has 156 valence electrons. The Morgan fingerprint density at radius 1 is 1.17 bits per heavy atom. The van der Waals surface area contributed by atoms with Gasteiger partial charge in [-0.3, -0.25) is 9.78 Å². The first-order chi connectivity index (χ1) is 14.4. The van der Waals surface area contributed by atoms with Crippen LogP contribution in [0, 0.1) is 0 Å². The van der Waals surface area contributed by atoms with Crippen LogP contribution < -0.4 is 0 Å². The second-order valence-electron chi connectivity index (χ2n) is 7.09. The predicted octanol–water partition coefficient (Wildman–Crippen LogP) is 1.57. The summed E-state index contributed by atoms with van der Waals surface area (Å²) in [6.07, 6.45) is 3.59. The molecule has 1 saturated heterocycles. The van der Waals surface area contributed by atoms with E-state index in [1.165, 1.54) is 4.31 Å². The molecule has 0 N–H and O–H groups in total.